The lowest BCUT2D eigenvalue weighted by molar-refractivity contribution is 0.252. The second-order valence-corrected chi connectivity index (χ2v) is 7.81. The first kappa shape index (κ1) is 18.7. The Morgan fingerprint density at radius 2 is 2.00 bits per heavy atom. The van der Waals surface area contributed by atoms with Crippen molar-refractivity contribution in [1.82, 2.24) is 20.1 Å². The smallest absolute Gasteiger partial charge is 0.319 e. The second kappa shape index (κ2) is 9.56. The number of nitrogens with one attached hydrogen (secondary N) is 2. The van der Waals surface area contributed by atoms with Crippen molar-refractivity contribution in [3.63, 3.8) is 0 Å². The number of carbonyl (C=O) groups is 1. The van der Waals surface area contributed by atoms with Crippen LogP contribution in [0.2, 0.25) is 0 Å². The Morgan fingerprint density at radius 1 is 1.23 bits per heavy atom. The van der Waals surface area contributed by atoms with Crippen molar-refractivity contribution < 1.29 is 9.18 Å². The van der Waals surface area contributed by atoms with Crippen molar-refractivity contribution in [2.75, 3.05) is 17.6 Å². The summed E-state index contributed by atoms with van der Waals surface area (Å²) in [6, 6.07) is 4.07. The third-order valence-corrected chi connectivity index (χ3v) is 5.89. The molecule has 6 nitrogen and oxygen atoms in total. The molecule has 3 rings (SSSR count). The molecule has 1 aliphatic carbocycles. The van der Waals surface area contributed by atoms with E-state index in [-0.39, 0.29) is 5.69 Å². The summed E-state index contributed by atoms with van der Waals surface area (Å²) in [5.41, 5.74) is 0.806. The third-order valence-electron chi connectivity index (χ3n) is 4.43. The number of carbonyl (C=O) groups excluding carboxylic acids is 1. The minimum atomic E-state index is -0.482. The third kappa shape index (κ3) is 5.45. The molecular weight excluding hydrogens is 353 g/mol. The standard InChI is InChI=1S/C18H24FN5OS/c19-16-8-7-14(24-12-21-22-13-24)11-17(16)23-18(25)20-9-4-10-26-15-5-2-1-3-6-15/h7-8,11-13,15H,1-6,9-10H2,(H2,20,23,25). The van der Waals surface area contributed by atoms with Gasteiger partial charge < -0.3 is 10.6 Å². The summed E-state index contributed by atoms with van der Waals surface area (Å²) in [7, 11) is 0. The van der Waals surface area contributed by atoms with E-state index in [1.54, 1.807) is 16.7 Å². The average molecular weight is 377 g/mol. The molecule has 1 aromatic heterocycles. The minimum Gasteiger partial charge on any atom is -0.338 e. The number of aromatic nitrogens is 3. The zero-order valence-electron chi connectivity index (χ0n) is 14.7. The van der Waals surface area contributed by atoms with Crippen LogP contribution in [0.4, 0.5) is 14.9 Å². The zero-order chi connectivity index (χ0) is 18.2. The summed E-state index contributed by atoms with van der Waals surface area (Å²) >= 11 is 2.01. The molecule has 0 spiro atoms. The molecule has 2 N–H and O–H groups in total. The van der Waals surface area contributed by atoms with E-state index in [1.165, 1.54) is 50.8 Å². The van der Waals surface area contributed by atoms with E-state index in [0.717, 1.165) is 17.4 Å². The van der Waals surface area contributed by atoms with Crippen LogP contribution in [0.3, 0.4) is 0 Å². The van der Waals surface area contributed by atoms with Crippen LogP contribution < -0.4 is 10.6 Å². The van der Waals surface area contributed by atoms with Crippen LogP contribution in [0.15, 0.2) is 30.9 Å². The number of urea groups is 1. The highest BCUT2D eigenvalue weighted by Gasteiger charge is 2.13. The van der Waals surface area contributed by atoms with Crippen LogP contribution in [0.1, 0.15) is 38.5 Å². The van der Waals surface area contributed by atoms with Gasteiger partial charge in [-0.25, -0.2) is 9.18 Å². The molecule has 26 heavy (non-hydrogen) atoms. The van der Waals surface area contributed by atoms with E-state index in [9.17, 15) is 9.18 Å². The van der Waals surface area contributed by atoms with Gasteiger partial charge in [-0.15, -0.1) is 10.2 Å². The Hall–Kier alpha value is -2.09. The number of benzene rings is 1. The molecule has 1 heterocycles. The van der Waals surface area contributed by atoms with Gasteiger partial charge in [0.2, 0.25) is 0 Å². The quantitative estimate of drug-likeness (QED) is 0.716. The maximum absolute atomic E-state index is 13.9. The Kier molecular flexibility index (Phi) is 6.88. The molecule has 8 heteroatoms. The molecule has 0 aliphatic heterocycles. The van der Waals surface area contributed by atoms with Crippen molar-refractivity contribution in [2.45, 2.75) is 43.8 Å². The molecule has 1 fully saturated rings. The topological polar surface area (TPSA) is 71.8 Å². The summed E-state index contributed by atoms with van der Waals surface area (Å²) in [4.78, 5) is 12.0. The lowest BCUT2D eigenvalue weighted by Crippen LogP contribution is -2.30. The predicted octanol–water partition coefficient (Wildman–Crippen LogP) is 3.98. The Morgan fingerprint density at radius 3 is 2.77 bits per heavy atom. The Labute approximate surface area is 157 Å². The van der Waals surface area contributed by atoms with Crippen molar-refractivity contribution in [3.8, 4) is 5.69 Å². The normalized spacial score (nSPS) is 15.0. The van der Waals surface area contributed by atoms with Gasteiger partial charge in [-0.3, -0.25) is 4.57 Å². The molecule has 1 aliphatic rings. The number of halogens is 1. The fourth-order valence-corrected chi connectivity index (χ4v) is 4.34. The van der Waals surface area contributed by atoms with Crippen LogP contribution in [0, 0.1) is 5.82 Å². The van der Waals surface area contributed by atoms with Crippen molar-refractivity contribution in [3.05, 3.63) is 36.7 Å². The molecule has 1 aromatic carbocycles. The Balaban J connectivity index is 1.41. The highest BCUT2D eigenvalue weighted by molar-refractivity contribution is 7.99. The van der Waals surface area contributed by atoms with E-state index in [0.29, 0.717) is 12.2 Å². The SMILES string of the molecule is O=C(NCCCSC1CCCCC1)Nc1cc(-n2cnnc2)ccc1F. The monoisotopic (exact) mass is 377 g/mol. The largest absolute Gasteiger partial charge is 0.338 e. The molecule has 140 valence electrons. The number of thioether (sulfide) groups is 1. The summed E-state index contributed by atoms with van der Waals surface area (Å²) in [6.45, 7) is 0.582. The van der Waals surface area contributed by atoms with Gasteiger partial charge in [0.25, 0.3) is 0 Å². The van der Waals surface area contributed by atoms with E-state index in [4.69, 9.17) is 0 Å². The van der Waals surface area contributed by atoms with Gasteiger partial charge in [0.05, 0.1) is 11.4 Å². The summed E-state index contributed by atoms with van der Waals surface area (Å²) < 4.78 is 15.6. The summed E-state index contributed by atoms with van der Waals surface area (Å²) in [5, 5.41) is 13.6. The van der Waals surface area contributed by atoms with E-state index in [2.05, 4.69) is 20.8 Å². The lowest BCUT2D eigenvalue weighted by atomic mass is 10.0. The highest BCUT2D eigenvalue weighted by Crippen LogP contribution is 2.28. The first-order valence-electron chi connectivity index (χ1n) is 9.03. The number of rotatable bonds is 7. The van der Waals surface area contributed by atoms with Crippen LogP contribution in [0.5, 0.6) is 0 Å². The molecule has 2 amide bonds. The van der Waals surface area contributed by atoms with E-state index < -0.39 is 11.8 Å². The number of hydrogen-bond acceptors (Lipinski definition) is 4. The number of hydrogen-bond donors (Lipinski definition) is 2. The summed E-state index contributed by atoms with van der Waals surface area (Å²) in [5.74, 6) is 0.562. The van der Waals surface area contributed by atoms with Gasteiger partial charge in [-0.05, 0) is 43.2 Å². The molecule has 0 radical (unpaired) electrons. The number of anilines is 1. The molecule has 2 aromatic rings. The van der Waals surface area contributed by atoms with E-state index >= 15 is 0 Å². The van der Waals surface area contributed by atoms with Gasteiger partial charge in [-0.2, -0.15) is 11.8 Å². The van der Waals surface area contributed by atoms with Gasteiger partial charge in [0.15, 0.2) is 0 Å². The fourth-order valence-electron chi connectivity index (χ4n) is 3.03. The number of amides is 2. The lowest BCUT2D eigenvalue weighted by Gasteiger charge is -2.20. The minimum absolute atomic E-state index is 0.130. The highest BCUT2D eigenvalue weighted by atomic mass is 32.2. The maximum atomic E-state index is 13.9. The summed E-state index contributed by atoms with van der Waals surface area (Å²) in [6.07, 6.45) is 10.6. The fraction of sp³-hybridized carbons (Fsp3) is 0.500. The van der Waals surface area contributed by atoms with Gasteiger partial charge >= 0.3 is 6.03 Å². The van der Waals surface area contributed by atoms with Gasteiger partial charge in [0.1, 0.15) is 18.5 Å². The first-order valence-corrected chi connectivity index (χ1v) is 10.1. The van der Waals surface area contributed by atoms with Crippen LogP contribution in [-0.4, -0.2) is 38.3 Å². The van der Waals surface area contributed by atoms with Crippen LogP contribution >= 0.6 is 11.8 Å². The van der Waals surface area contributed by atoms with Gasteiger partial charge in [-0.1, -0.05) is 19.3 Å². The average Bonchev–Trinajstić information content (AvgIpc) is 3.19. The predicted molar refractivity (Wildman–Crippen MR) is 102 cm³/mol. The maximum Gasteiger partial charge on any atom is 0.319 e. The molecule has 1 saturated carbocycles. The van der Waals surface area contributed by atoms with Crippen molar-refractivity contribution in [2.24, 2.45) is 0 Å². The number of nitrogens with zero attached hydrogens (tertiary/aromatic N) is 3. The van der Waals surface area contributed by atoms with Gasteiger partial charge in [0, 0.05) is 11.8 Å². The first-order chi connectivity index (χ1) is 12.7. The molecule has 0 saturated heterocycles. The molecule has 0 unspecified atom stereocenters. The second-order valence-electron chi connectivity index (χ2n) is 6.40. The van der Waals surface area contributed by atoms with Crippen LogP contribution in [0.25, 0.3) is 5.69 Å². The van der Waals surface area contributed by atoms with E-state index in [1.807, 2.05) is 11.8 Å². The van der Waals surface area contributed by atoms with Crippen molar-refractivity contribution in [1.29, 1.82) is 0 Å². The zero-order valence-corrected chi connectivity index (χ0v) is 15.5. The Bertz CT molecular complexity index is 704. The molecule has 0 atom stereocenters. The van der Waals surface area contributed by atoms with Crippen LogP contribution in [-0.2, 0) is 0 Å². The van der Waals surface area contributed by atoms with Crippen molar-refractivity contribution >= 4 is 23.5 Å². The molecular formula is C18H24FN5OS. The molecule has 0 bridgehead atoms.